The largest absolute Gasteiger partial charge is 0.371 e. The number of ether oxygens (including phenoxy) is 1. The maximum atomic E-state index is 6.29. The molecule has 4 heterocycles. The number of anilines is 1. The first-order valence-corrected chi connectivity index (χ1v) is 10.4. The zero-order valence-electron chi connectivity index (χ0n) is 14.8. The number of rotatable bonds is 2. The highest BCUT2D eigenvalue weighted by molar-refractivity contribution is 7.08. The van der Waals surface area contributed by atoms with Crippen molar-refractivity contribution in [2.75, 3.05) is 24.6 Å². The molecule has 7 heteroatoms. The van der Waals surface area contributed by atoms with Gasteiger partial charge < -0.3 is 9.64 Å². The van der Waals surface area contributed by atoms with Crippen LogP contribution in [0.5, 0.6) is 0 Å². The molecule has 26 heavy (non-hydrogen) atoms. The molecule has 2 fully saturated rings. The van der Waals surface area contributed by atoms with Crippen LogP contribution in [0, 0.1) is 0 Å². The molecular formula is C19H23N5OS. The van der Waals surface area contributed by atoms with Gasteiger partial charge in [-0.05, 0) is 36.4 Å². The van der Waals surface area contributed by atoms with Gasteiger partial charge in [0.05, 0.1) is 12.2 Å². The van der Waals surface area contributed by atoms with Crippen LogP contribution < -0.4 is 4.90 Å². The van der Waals surface area contributed by atoms with Crippen LogP contribution in [-0.2, 0) is 4.74 Å². The SMILES string of the molecule is c1cc(-c2nnc3ccc(N4CCOC5(CCCCCC5)C4)nn23)cs1. The van der Waals surface area contributed by atoms with E-state index >= 15 is 0 Å². The lowest BCUT2D eigenvalue weighted by Gasteiger charge is -2.43. The monoisotopic (exact) mass is 369 g/mol. The molecular weight excluding hydrogens is 346 g/mol. The summed E-state index contributed by atoms with van der Waals surface area (Å²) in [6, 6.07) is 6.14. The van der Waals surface area contributed by atoms with Crippen molar-refractivity contribution in [3.8, 4) is 11.4 Å². The summed E-state index contributed by atoms with van der Waals surface area (Å²) in [5, 5.41) is 17.6. The van der Waals surface area contributed by atoms with Crippen LogP contribution >= 0.6 is 11.3 Å². The first-order valence-electron chi connectivity index (χ1n) is 9.47. The van der Waals surface area contributed by atoms with Gasteiger partial charge in [0.15, 0.2) is 11.5 Å². The van der Waals surface area contributed by atoms with Gasteiger partial charge in [-0.15, -0.1) is 15.3 Å². The Kier molecular flexibility index (Phi) is 4.13. The summed E-state index contributed by atoms with van der Waals surface area (Å²) in [7, 11) is 0. The number of fused-ring (bicyclic) bond motifs is 1. The van der Waals surface area contributed by atoms with E-state index in [-0.39, 0.29) is 5.60 Å². The highest BCUT2D eigenvalue weighted by Gasteiger charge is 2.37. The third kappa shape index (κ3) is 2.89. The summed E-state index contributed by atoms with van der Waals surface area (Å²) in [6.07, 6.45) is 7.54. The Labute approximate surface area is 156 Å². The van der Waals surface area contributed by atoms with Crippen molar-refractivity contribution in [3.63, 3.8) is 0 Å². The second-order valence-corrected chi connectivity index (χ2v) is 8.14. The molecule has 1 aliphatic carbocycles. The number of nitrogens with zero attached hydrogens (tertiary/aromatic N) is 5. The minimum atomic E-state index is 0.00869. The van der Waals surface area contributed by atoms with E-state index in [0.717, 1.165) is 42.5 Å². The summed E-state index contributed by atoms with van der Waals surface area (Å²) in [5.41, 5.74) is 1.86. The van der Waals surface area contributed by atoms with Gasteiger partial charge in [0.1, 0.15) is 5.82 Å². The van der Waals surface area contributed by atoms with Crippen LogP contribution in [0.3, 0.4) is 0 Å². The summed E-state index contributed by atoms with van der Waals surface area (Å²) in [5.74, 6) is 1.79. The lowest BCUT2D eigenvalue weighted by molar-refractivity contribution is -0.0654. The first-order chi connectivity index (χ1) is 12.8. The van der Waals surface area contributed by atoms with Crippen molar-refractivity contribution in [3.05, 3.63) is 29.0 Å². The molecule has 0 unspecified atom stereocenters. The van der Waals surface area contributed by atoms with Gasteiger partial charge in [-0.3, -0.25) is 0 Å². The number of hydrogen-bond acceptors (Lipinski definition) is 6. The van der Waals surface area contributed by atoms with Crippen molar-refractivity contribution in [2.24, 2.45) is 0 Å². The fourth-order valence-corrected chi connectivity index (χ4v) is 4.87. The summed E-state index contributed by atoms with van der Waals surface area (Å²) in [4.78, 5) is 2.38. The van der Waals surface area contributed by atoms with Crippen molar-refractivity contribution >= 4 is 22.8 Å². The molecule has 1 aliphatic heterocycles. The predicted octanol–water partition coefficient (Wildman–Crippen LogP) is 3.78. The van der Waals surface area contributed by atoms with Gasteiger partial charge in [-0.1, -0.05) is 25.7 Å². The average molecular weight is 369 g/mol. The molecule has 0 aromatic carbocycles. The molecule has 1 saturated carbocycles. The summed E-state index contributed by atoms with van der Waals surface area (Å²) >= 11 is 1.66. The normalized spacial score (nSPS) is 20.5. The van der Waals surface area contributed by atoms with Crippen molar-refractivity contribution in [1.29, 1.82) is 0 Å². The summed E-state index contributed by atoms with van der Waals surface area (Å²) < 4.78 is 8.16. The molecule has 5 rings (SSSR count). The number of aromatic nitrogens is 4. The van der Waals surface area contributed by atoms with E-state index in [4.69, 9.17) is 9.84 Å². The Morgan fingerprint density at radius 2 is 1.92 bits per heavy atom. The van der Waals surface area contributed by atoms with E-state index < -0.39 is 0 Å². The molecule has 3 aromatic heterocycles. The van der Waals surface area contributed by atoms with Gasteiger partial charge in [0, 0.05) is 24.0 Å². The molecule has 0 bridgehead atoms. The molecule has 3 aromatic rings. The Hall–Kier alpha value is -1.99. The van der Waals surface area contributed by atoms with Gasteiger partial charge in [0.2, 0.25) is 0 Å². The van der Waals surface area contributed by atoms with E-state index in [9.17, 15) is 0 Å². The van der Waals surface area contributed by atoms with Crippen LogP contribution in [0.15, 0.2) is 29.0 Å². The van der Waals surface area contributed by atoms with E-state index in [0.29, 0.717) is 0 Å². The van der Waals surface area contributed by atoms with E-state index in [1.165, 1.54) is 38.5 Å². The van der Waals surface area contributed by atoms with E-state index in [2.05, 4.69) is 38.0 Å². The van der Waals surface area contributed by atoms with Crippen LogP contribution in [0.4, 0.5) is 5.82 Å². The molecule has 0 radical (unpaired) electrons. The quantitative estimate of drug-likeness (QED) is 0.688. The lowest BCUT2D eigenvalue weighted by atomic mass is 9.92. The van der Waals surface area contributed by atoms with Crippen LogP contribution in [0.25, 0.3) is 17.0 Å². The van der Waals surface area contributed by atoms with Crippen LogP contribution in [0.1, 0.15) is 38.5 Å². The number of hydrogen-bond donors (Lipinski definition) is 0. The molecule has 0 amide bonds. The van der Waals surface area contributed by atoms with Crippen LogP contribution in [-0.4, -0.2) is 45.1 Å². The van der Waals surface area contributed by atoms with E-state index in [1.54, 1.807) is 11.3 Å². The fraction of sp³-hybridized carbons (Fsp3) is 0.526. The molecule has 0 N–H and O–H groups in total. The lowest BCUT2D eigenvalue weighted by Crippen LogP contribution is -2.52. The third-order valence-corrected chi connectivity index (χ3v) is 6.30. The van der Waals surface area contributed by atoms with E-state index in [1.807, 2.05) is 10.6 Å². The third-order valence-electron chi connectivity index (χ3n) is 5.62. The van der Waals surface area contributed by atoms with Crippen LogP contribution in [0.2, 0.25) is 0 Å². The maximum Gasteiger partial charge on any atom is 0.186 e. The van der Waals surface area contributed by atoms with Gasteiger partial charge in [-0.2, -0.15) is 15.9 Å². The molecule has 136 valence electrons. The summed E-state index contributed by atoms with van der Waals surface area (Å²) in [6.45, 7) is 2.59. The van der Waals surface area contributed by atoms with Gasteiger partial charge >= 0.3 is 0 Å². The Morgan fingerprint density at radius 3 is 2.73 bits per heavy atom. The average Bonchev–Trinajstić information content (AvgIpc) is 3.29. The Balaban J connectivity index is 1.47. The highest BCUT2D eigenvalue weighted by atomic mass is 32.1. The zero-order chi connectivity index (χ0) is 17.4. The number of thiophene rings is 1. The van der Waals surface area contributed by atoms with Crippen molar-refractivity contribution in [2.45, 2.75) is 44.1 Å². The molecule has 2 aliphatic rings. The molecule has 0 atom stereocenters. The van der Waals surface area contributed by atoms with Gasteiger partial charge in [0.25, 0.3) is 0 Å². The number of morpholine rings is 1. The topological polar surface area (TPSA) is 55.5 Å². The standard InChI is InChI=1S/C19H23N5OS/c1-2-4-9-19(8-3-1)14-23(10-11-25-19)17-6-5-16-20-21-18(24(16)22-17)15-7-12-26-13-15/h5-7,12-13H,1-4,8-11,14H2. The zero-order valence-corrected chi connectivity index (χ0v) is 15.6. The van der Waals surface area contributed by atoms with Gasteiger partial charge in [-0.25, -0.2) is 0 Å². The molecule has 1 saturated heterocycles. The second kappa shape index (κ2) is 6.63. The molecule has 6 nitrogen and oxygen atoms in total. The highest BCUT2D eigenvalue weighted by Crippen LogP contribution is 2.34. The fourth-order valence-electron chi connectivity index (χ4n) is 4.24. The maximum absolute atomic E-state index is 6.29. The predicted molar refractivity (Wildman–Crippen MR) is 103 cm³/mol. The Bertz CT molecular complexity index is 883. The smallest absolute Gasteiger partial charge is 0.186 e. The Morgan fingerprint density at radius 1 is 1.04 bits per heavy atom. The molecule has 1 spiro atoms. The van der Waals surface area contributed by atoms with Crippen molar-refractivity contribution < 1.29 is 4.74 Å². The first kappa shape index (κ1) is 16.2. The second-order valence-electron chi connectivity index (χ2n) is 7.36. The van der Waals surface area contributed by atoms with Crippen molar-refractivity contribution in [1.82, 2.24) is 19.8 Å². The minimum absolute atomic E-state index is 0.00869. The minimum Gasteiger partial charge on any atom is -0.371 e.